The predicted octanol–water partition coefficient (Wildman–Crippen LogP) is 3.67. The summed E-state index contributed by atoms with van der Waals surface area (Å²) in [6, 6.07) is 9.75. The molecule has 2 aromatic heterocycles. The Morgan fingerprint density at radius 1 is 1.25 bits per heavy atom. The van der Waals surface area contributed by atoms with Gasteiger partial charge in [0.2, 0.25) is 0 Å². The van der Waals surface area contributed by atoms with Gasteiger partial charge in [-0.1, -0.05) is 18.2 Å². The van der Waals surface area contributed by atoms with E-state index in [-0.39, 0.29) is 6.04 Å². The number of benzene rings is 1. The molecule has 0 aliphatic heterocycles. The van der Waals surface area contributed by atoms with E-state index in [2.05, 4.69) is 20.4 Å². The van der Waals surface area contributed by atoms with E-state index in [0.717, 1.165) is 10.6 Å². The van der Waals surface area contributed by atoms with Crippen LogP contribution in [0.4, 0.5) is 5.95 Å². The van der Waals surface area contributed by atoms with Gasteiger partial charge in [0.15, 0.2) is 0 Å². The van der Waals surface area contributed by atoms with Crippen molar-refractivity contribution in [2.45, 2.75) is 19.9 Å². The summed E-state index contributed by atoms with van der Waals surface area (Å²) in [5, 5.41) is 8.15. The Morgan fingerprint density at radius 3 is 2.75 bits per heavy atom. The molecule has 102 valence electrons. The van der Waals surface area contributed by atoms with Gasteiger partial charge in [-0.2, -0.15) is 4.98 Å². The zero-order chi connectivity index (χ0) is 13.9. The Morgan fingerprint density at radius 2 is 2.05 bits per heavy atom. The maximum absolute atomic E-state index is 5.25. The predicted molar refractivity (Wildman–Crippen MR) is 78.6 cm³/mol. The summed E-state index contributed by atoms with van der Waals surface area (Å²) < 4.78 is 5.25. The van der Waals surface area contributed by atoms with E-state index in [1.807, 2.05) is 50.4 Å². The third kappa shape index (κ3) is 2.70. The second kappa shape index (κ2) is 5.42. The summed E-state index contributed by atoms with van der Waals surface area (Å²) in [7, 11) is 0. The van der Waals surface area contributed by atoms with Crippen LogP contribution < -0.4 is 5.32 Å². The number of nitrogens with zero attached hydrogens (tertiary/aromatic N) is 3. The van der Waals surface area contributed by atoms with Crippen LogP contribution in [0.5, 0.6) is 0 Å². The third-order valence-electron chi connectivity index (χ3n) is 2.80. The average molecular weight is 286 g/mol. The molecule has 1 atom stereocenters. The highest BCUT2D eigenvalue weighted by atomic mass is 32.1. The Balaban J connectivity index is 1.74. The zero-order valence-corrected chi connectivity index (χ0v) is 12.0. The van der Waals surface area contributed by atoms with E-state index in [1.54, 1.807) is 11.3 Å². The number of rotatable bonds is 4. The monoisotopic (exact) mass is 286 g/mol. The summed E-state index contributed by atoms with van der Waals surface area (Å²) in [6.45, 7) is 4.06. The fourth-order valence-corrected chi connectivity index (χ4v) is 2.58. The lowest BCUT2D eigenvalue weighted by Crippen LogP contribution is -2.07. The minimum absolute atomic E-state index is 0.0509. The second-order valence-electron chi connectivity index (χ2n) is 4.46. The van der Waals surface area contributed by atoms with E-state index in [4.69, 9.17) is 4.52 Å². The second-order valence-corrected chi connectivity index (χ2v) is 5.73. The fourth-order valence-electron chi connectivity index (χ4n) is 1.81. The Bertz CT molecular complexity index is 692. The molecular weight excluding hydrogens is 272 g/mol. The molecule has 1 aromatic carbocycles. The fraction of sp³-hybridized carbons (Fsp3) is 0.214. The SMILES string of the molecule is Cc1cnc(C(C)Nc2noc(-c3ccccc3)n2)s1. The number of aromatic nitrogens is 3. The molecule has 0 saturated heterocycles. The number of hydrogen-bond donors (Lipinski definition) is 1. The molecule has 20 heavy (non-hydrogen) atoms. The van der Waals surface area contributed by atoms with Crippen molar-refractivity contribution in [3.8, 4) is 11.5 Å². The van der Waals surface area contributed by atoms with Crippen LogP contribution in [0.15, 0.2) is 41.1 Å². The molecular formula is C14H14N4OS. The summed E-state index contributed by atoms with van der Waals surface area (Å²) in [5.74, 6) is 0.986. The molecule has 3 rings (SSSR count). The zero-order valence-electron chi connectivity index (χ0n) is 11.2. The molecule has 0 amide bonds. The van der Waals surface area contributed by atoms with Crippen molar-refractivity contribution in [1.29, 1.82) is 0 Å². The number of nitrogens with one attached hydrogen (secondary N) is 1. The molecule has 0 radical (unpaired) electrons. The van der Waals surface area contributed by atoms with E-state index >= 15 is 0 Å². The molecule has 0 saturated carbocycles. The number of thiazole rings is 1. The minimum atomic E-state index is 0.0509. The summed E-state index contributed by atoms with van der Waals surface area (Å²) in [6.07, 6.45) is 1.86. The van der Waals surface area contributed by atoms with Crippen molar-refractivity contribution in [3.05, 3.63) is 46.4 Å². The van der Waals surface area contributed by atoms with Crippen molar-refractivity contribution in [3.63, 3.8) is 0 Å². The van der Waals surface area contributed by atoms with Crippen molar-refractivity contribution in [2.24, 2.45) is 0 Å². The smallest absolute Gasteiger partial charge is 0.264 e. The van der Waals surface area contributed by atoms with Crippen LogP contribution in [0, 0.1) is 6.92 Å². The van der Waals surface area contributed by atoms with Crippen LogP contribution in [-0.4, -0.2) is 15.1 Å². The molecule has 6 heteroatoms. The van der Waals surface area contributed by atoms with Gasteiger partial charge in [-0.25, -0.2) is 4.98 Å². The molecule has 3 aromatic rings. The first-order chi connectivity index (χ1) is 9.72. The third-order valence-corrected chi connectivity index (χ3v) is 3.90. The number of anilines is 1. The first kappa shape index (κ1) is 12.8. The maximum Gasteiger partial charge on any atom is 0.264 e. The van der Waals surface area contributed by atoms with Gasteiger partial charge in [0.1, 0.15) is 5.01 Å². The molecule has 0 fully saturated rings. The minimum Gasteiger partial charge on any atom is -0.343 e. The molecule has 2 heterocycles. The van der Waals surface area contributed by atoms with Gasteiger partial charge in [-0.05, 0) is 31.1 Å². The van der Waals surface area contributed by atoms with E-state index in [0.29, 0.717) is 11.8 Å². The lowest BCUT2D eigenvalue weighted by molar-refractivity contribution is 0.431. The Kier molecular flexibility index (Phi) is 3.47. The van der Waals surface area contributed by atoms with E-state index < -0.39 is 0 Å². The van der Waals surface area contributed by atoms with E-state index in [9.17, 15) is 0 Å². The largest absolute Gasteiger partial charge is 0.343 e. The van der Waals surface area contributed by atoms with Crippen LogP contribution in [0.25, 0.3) is 11.5 Å². The highest BCUT2D eigenvalue weighted by molar-refractivity contribution is 7.11. The highest BCUT2D eigenvalue weighted by Crippen LogP contribution is 2.23. The molecule has 0 aliphatic rings. The van der Waals surface area contributed by atoms with Gasteiger partial charge in [0.05, 0.1) is 6.04 Å². The quantitative estimate of drug-likeness (QED) is 0.792. The number of hydrogen-bond acceptors (Lipinski definition) is 6. The van der Waals surface area contributed by atoms with Gasteiger partial charge in [-0.3, -0.25) is 0 Å². The lowest BCUT2D eigenvalue weighted by atomic mass is 10.2. The van der Waals surface area contributed by atoms with Gasteiger partial charge in [0.25, 0.3) is 11.8 Å². The molecule has 1 N–H and O–H groups in total. The summed E-state index contributed by atoms with van der Waals surface area (Å²) in [5.41, 5.74) is 0.908. The number of aryl methyl sites for hydroxylation is 1. The van der Waals surface area contributed by atoms with Crippen molar-refractivity contribution in [1.82, 2.24) is 15.1 Å². The van der Waals surface area contributed by atoms with Crippen molar-refractivity contribution in [2.75, 3.05) is 5.32 Å². The van der Waals surface area contributed by atoms with E-state index in [1.165, 1.54) is 4.88 Å². The Labute approximate surface area is 120 Å². The van der Waals surface area contributed by atoms with Gasteiger partial charge < -0.3 is 9.84 Å². The molecule has 5 nitrogen and oxygen atoms in total. The van der Waals surface area contributed by atoms with Crippen LogP contribution in [0.2, 0.25) is 0 Å². The van der Waals surface area contributed by atoms with Crippen LogP contribution in [0.1, 0.15) is 22.9 Å². The maximum atomic E-state index is 5.25. The van der Waals surface area contributed by atoms with Crippen LogP contribution in [0.3, 0.4) is 0 Å². The Hall–Kier alpha value is -2.21. The first-order valence-corrected chi connectivity index (χ1v) is 7.12. The lowest BCUT2D eigenvalue weighted by Gasteiger charge is -2.07. The van der Waals surface area contributed by atoms with Gasteiger partial charge >= 0.3 is 0 Å². The van der Waals surface area contributed by atoms with Crippen LogP contribution >= 0.6 is 11.3 Å². The topological polar surface area (TPSA) is 63.8 Å². The standard InChI is InChI=1S/C14H14N4OS/c1-9-8-15-13(20-9)10(2)16-14-17-12(19-18-14)11-6-4-3-5-7-11/h3-8,10H,1-2H3,(H,16,18). The molecule has 0 spiro atoms. The molecule has 0 aliphatic carbocycles. The van der Waals surface area contributed by atoms with Gasteiger partial charge in [-0.15, -0.1) is 11.3 Å². The average Bonchev–Trinajstić information content (AvgIpc) is 3.09. The van der Waals surface area contributed by atoms with Crippen molar-refractivity contribution < 1.29 is 4.52 Å². The first-order valence-electron chi connectivity index (χ1n) is 6.30. The molecule has 0 bridgehead atoms. The van der Waals surface area contributed by atoms with Crippen LogP contribution in [-0.2, 0) is 0 Å². The normalized spacial score (nSPS) is 12.3. The molecule has 1 unspecified atom stereocenters. The summed E-state index contributed by atoms with van der Waals surface area (Å²) >= 11 is 1.66. The summed E-state index contributed by atoms with van der Waals surface area (Å²) in [4.78, 5) is 9.87. The highest BCUT2D eigenvalue weighted by Gasteiger charge is 2.13. The van der Waals surface area contributed by atoms with Crippen molar-refractivity contribution >= 4 is 17.3 Å². The van der Waals surface area contributed by atoms with Gasteiger partial charge in [0, 0.05) is 16.6 Å².